The number of para-hydroxylation sites is 1. The Balaban J connectivity index is 1.25. The lowest BCUT2D eigenvalue weighted by Gasteiger charge is -2.35. The molecule has 1 aliphatic carbocycles. The van der Waals surface area contributed by atoms with Crippen LogP contribution in [0.5, 0.6) is 11.5 Å². The van der Waals surface area contributed by atoms with Crippen LogP contribution in [-0.2, 0) is 5.41 Å². The number of amidine groups is 2. The highest BCUT2D eigenvalue weighted by Gasteiger charge is 2.34. The number of allylic oxidation sites excluding steroid dienone is 3. The third-order valence-electron chi connectivity index (χ3n) is 9.12. The molecule has 4 heteroatoms. The molecule has 0 bridgehead atoms. The standard InChI is InChI=1S/C40H33N3O/c1-40(2)33-21-10-11-22-35(33)44-36-24-23-28(25-34(36)40)30-18-8-9-19-31(30)38-41-37(27-14-4-3-5-15-27)42-39(43-38)32-20-12-16-26-13-6-7-17-29(26)32/h3-14,16-25,27,39H,15H2,1-2H3,(H,41,42,43). The molecule has 1 N–H and O–H groups in total. The van der Waals surface area contributed by atoms with Crippen LogP contribution in [0.3, 0.4) is 0 Å². The number of fused-ring (bicyclic) bond motifs is 3. The van der Waals surface area contributed by atoms with Crippen molar-refractivity contribution in [2.24, 2.45) is 15.9 Å². The van der Waals surface area contributed by atoms with Crippen LogP contribution in [0.2, 0.25) is 0 Å². The average molecular weight is 572 g/mol. The van der Waals surface area contributed by atoms with Gasteiger partial charge in [0.2, 0.25) is 0 Å². The molecular weight excluding hydrogens is 538 g/mol. The van der Waals surface area contributed by atoms with Crippen LogP contribution in [0.25, 0.3) is 21.9 Å². The van der Waals surface area contributed by atoms with Gasteiger partial charge < -0.3 is 10.1 Å². The normalized spacial score (nSPS) is 19.7. The summed E-state index contributed by atoms with van der Waals surface area (Å²) in [7, 11) is 0. The quantitative estimate of drug-likeness (QED) is 0.233. The van der Waals surface area contributed by atoms with Gasteiger partial charge in [-0.1, -0.05) is 129 Å². The maximum Gasteiger partial charge on any atom is 0.170 e. The van der Waals surface area contributed by atoms with E-state index in [1.165, 1.54) is 21.9 Å². The maximum absolute atomic E-state index is 6.37. The van der Waals surface area contributed by atoms with E-state index in [2.05, 4.69) is 147 Å². The lowest BCUT2D eigenvalue weighted by atomic mass is 9.75. The van der Waals surface area contributed by atoms with E-state index in [9.17, 15) is 0 Å². The monoisotopic (exact) mass is 571 g/mol. The molecule has 0 aromatic heterocycles. The molecule has 214 valence electrons. The minimum Gasteiger partial charge on any atom is -0.457 e. The fourth-order valence-electron chi connectivity index (χ4n) is 6.74. The minimum atomic E-state index is -0.355. The molecule has 5 aromatic rings. The van der Waals surface area contributed by atoms with Crippen molar-refractivity contribution in [1.82, 2.24) is 5.32 Å². The second kappa shape index (κ2) is 10.5. The highest BCUT2D eigenvalue weighted by atomic mass is 16.5. The summed E-state index contributed by atoms with van der Waals surface area (Å²) < 4.78 is 6.37. The average Bonchev–Trinajstić information content (AvgIpc) is 3.08. The van der Waals surface area contributed by atoms with Crippen molar-refractivity contribution in [3.8, 4) is 22.6 Å². The highest BCUT2D eigenvalue weighted by molar-refractivity contribution is 6.14. The molecule has 2 atom stereocenters. The maximum atomic E-state index is 6.37. The van der Waals surface area contributed by atoms with E-state index in [1.54, 1.807) is 0 Å². The van der Waals surface area contributed by atoms with Gasteiger partial charge in [0.25, 0.3) is 0 Å². The zero-order chi connectivity index (χ0) is 29.7. The Labute approximate surface area is 258 Å². The number of benzene rings is 5. The molecule has 8 rings (SSSR count). The van der Waals surface area contributed by atoms with Gasteiger partial charge in [0.15, 0.2) is 6.17 Å². The van der Waals surface area contributed by atoms with Crippen molar-refractivity contribution in [1.29, 1.82) is 0 Å². The Kier molecular flexibility index (Phi) is 6.30. The number of nitrogens with one attached hydrogen (secondary N) is 1. The minimum absolute atomic E-state index is 0.164. The smallest absolute Gasteiger partial charge is 0.170 e. The first-order valence-electron chi connectivity index (χ1n) is 15.3. The van der Waals surface area contributed by atoms with Gasteiger partial charge in [0.1, 0.15) is 23.2 Å². The van der Waals surface area contributed by atoms with Gasteiger partial charge in [-0.2, -0.15) is 0 Å². The van der Waals surface area contributed by atoms with Gasteiger partial charge in [-0.25, -0.2) is 9.98 Å². The lowest BCUT2D eigenvalue weighted by molar-refractivity contribution is 0.418. The molecule has 0 fully saturated rings. The third-order valence-corrected chi connectivity index (χ3v) is 9.12. The van der Waals surface area contributed by atoms with Crippen molar-refractivity contribution in [2.75, 3.05) is 0 Å². The molecule has 4 nitrogen and oxygen atoms in total. The van der Waals surface area contributed by atoms with E-state index in [4.69, 9.17) is 14.7 Å². The number of ether oxygens (including phenoxy) is 1. The first-order valence-corrected chi connectivity index (χ1v) is 15.3. The highest BCUT2D eigenvalue weighted by Crippen LogP contribution is 2.49. The van der Waals surface area contributed by atoms with Crippen molar-refractivity contribution in [2.45, 2.75) is 31.8 Å². The van der Waals surface area contributed by atoms with Crippen molar-refractivity contribution < 1.29 is 4.74 Å². The molecule has 0 saturated heterocycles. The van der Waals surface area contributed by atoms with E-state index >= 15 is 0 Å². The molecule has 0 saturated carbocycles. The molecule has 3 aliphatic rings. The summed E-state index contributed by atoms with van der Waals surface area (Å²) in [5, 5.41) is 6.05. The van der Waals surface area contributed by atoms with Crippen LogP contribution < -0.4 is 10.1 Å². The van der Waals surface area contributed by atoms with Crippen LogP contribution in [0.15, 0.2) is 143 Å². The van der Waals surface area contributed by atoms with Crippen LogP contribution in [0.4, 0.5) is 0 Å². The van der Waals surface area contributed by atoms with Gasteiger partial charge in [-0.05, 0) is 46.5 Å². The fraction of sp³-hybridized carbons (Fsp3) is 0.150. The predicted molar refractivity (Wildman–Crippen MR) is 181 cm³/mol. The number of aliphatic imine (C=N–C) groups is 2. The molecule has 0 spiro atoms. The van der Waals surface area contributed by atoms with Crippen LogP contribution >= 0.6 is 0 Å². The Morgan fingerprint density at radius 2 is 1.50 bits per heavy atom. The van der Waals surface area contributed by atoms with Gasteiger partial charge >= 0.3 is 0 Å². The topological polar surface area (TPSA) is 46.0 Å². The Bertz CT molecular complexity index is 2040. The van der Waals surface area contributed by atoms with Crippen LogP contribution in [0.1, 0.15) is 48.7 Å². The van der Waals surface area contributed by atoms with Crippen molar-refractivity contribution in [3.63, 3.8) is 0 Å². The molecule has 2 unspecified atom stereocenters. The number of hydrogen-bond donors (Lipinski definition) is 1. The SMILES string of the molecule is CC1(C)c2ccccc2Oc2ccc(-c3ccccc3C3=NC(c4cccc5ccccc45)N=C(C4C=CC=CC4)N3)cc21. The van der Waals surface area contributed by atoms with E-state index in [-0.39, 0.29) is 17.5 Å². The molecule has 2 heterocycles. The zero-order valence-electron chi connectivity index (χ0n) is 24.9. The van der Waals surface area contributed by atoms with Gasteiger partial charge in [-0.15, -0.1) is 0 Å². The summed E-state index contributed by atoms with van der Waals surface area (Å²) in [6.07, 6.45) is 9.19. The largest absolute Gasteiger partial charge is 0.457 e. The Morgan fingerprint density at radius 3 is 2.39 bits per heavy atom. The van der Waals surface area contributed by atoms with Gasteiger partial charge in [0, 0.05) is 33.6 Å². The summed E-state index contributed by atoms with van der Waals surface area (Å²) in [4.78, 5) is 10.5. The first kappa shape index (κ1) is 26.4. The zero-order valence-corrected chi connectivity index (χ0v) is 24.9. The van der Waals surface area contributed by atoms with E-state index < -0.39 is 0 Å². The molecule has 0 radical (unpaired) electrons. The summed E-state index contributed by atoms with van der Waals surface area (Å²) in [6, 6.07) is 38.4. The van der Waals surface area contributed by atoms with Crippen LogP contribution in [-0.4, -0.2) is 11.7 Å². The number of nitrogens with zero attached hydrogens (tertiary/aromatic N) is 2. The van der Waals surface area contributed by atoms with Crippen molar-refractivity contribution in [3.05, 3.63) is 156 Å². The second-order valence-electron chi connectivity index (χ2n) is 12.2. The van der Waals surface area contributed by atoms with E-state index in [1.807, 2.05) is 6.07 Å². The number of hydrogen-bond acceptors (Lipinski definition) is 4. The first-order chi connectivity index (χ1) is 21.6. The van der Waals surface area contributed by atoms with E-state index in [0.29, 0.717) is 0 Å². The fourth-order valence-corrected chi connectivity index (χ4v) is 6.74. The van der Waals surface area contributed by atoms with Crippen molar-refractivity contribution >= 4 is 22.4 Å². The molecule has 44 heavy (non-hydrogen) atoms. The Hall–Kier alpha value is -5.22. The molecule has 2 aliphatic heterocycles. The summed E-state index contributed by atoms with van der Waals surface area (Å²) in [5.41, 5.74) is 6.59. The lowest BCUT2D eigenvalue weighted by Crippen LogP contribution is -2.39. The van der Waals surface area contributed by atoms with Gasteiger partial charge in [0.05, 0.1) is 0 Å². The third kappa shape index (κ3) is 4.46. The molecule has 5 aromatic carbocycles. The number of rotatable bonds is 4. The molecular formula is C40H33N3O. The van der Waals surface area contributed by atoms with Gasteiger partial charge in [-0.3, -0.25) is 0 Å². The summed E-state index contributed by atoms with van der Waals surface area (Å²) >= 11 is 0. The summed E-state index contributed by atoms with van der Waals surface area (Å²) in [5.74, 6) is 3.78. The molecule has 0 amide bonds. The van der Waals surface area contributed by atoms with Crippen LogP contribution in [0, 0.1) is 5.92 Å². The predicted octanol–water partition coefficient (Wildman–Crippen LogP) is 9.52. The van der Waals surface area contributed by atoms with E-state index in [0.717, 1.165) is 51.8 Å². The Morgan fingerprint density at radius 1 is 0.727 bits per heavy atom. The summed E-state index contributed by atoms with van der Waals surface area (Å²) in [6.45, 7) is 4.55. The second-order valence-corrected chi connectivity index (χ2v) is 12.2.